The fourth-order valence-electron chi connectivity index (χ4n) is 4.29. The van der Waals surface area contributed by atoms with Crippen molar-refractivity contribution in [1.29, 1.82) is 0 Å². The average Bonchev–Trinajstić information content (AvgIpc) is 3.44. The van der Waals surface area contributed by atoms with Crippen LogP contribution in [-0.2, 0) is 16.0 Å². The minimum Gasteiger partial charge on any atom is -0.370 e. The number of fused-ring (bicyclic) bond motifs is 1. The average molecular weight is 447 g/mol. The van der Waals surface area contributed by atoms with Crippen LogP contribution in [0.5, 0.6) is 0 Å². The molecular weight excluding hydrogens is 424 g/mol. The number of likely N-dealkylation sites (tertiary alicyclic amines) is 1. The summed E-state index contributed by atoms with van der Waals surface area (Å²) in [4.78, 5) is 19.7. The number of carbonyl (C=O) groups is 1. The summed E-state index contributed by atoms with van der Waals surface area (Å²) in [6, 6.07) is 6.06. The lowest BCUT2D eigenvalue weighted by molar-refractivity contribution is -0.181. The number of piperidine rings is 1. The smallest absolute Gasteiger partial charge is 0.256 e. The third kappa shape index (κ3) is 3.23. The van der Waals surface area contributed by atoms with E-state index in [-0.39, 0.29) is 5.91 Å². The Morgan fingerprint density at radius 2 is 2.04 bits per heavy atom. The molecule has 1 amide bonds. The summed E-state index contributed by atoms with van der Waals surface area (Å²) in [6.45, 7) is 4.92. The van der Waals surface area contributed by atoms with Crippen molar-refractivity contribution in [3.8, 4) is 0 Å². The first-order valence-corrected chi connectivity index (χ1v) is 10.6. The minimum absolute atomic E-state index is 0.0697. The van der Waals surface area contributed by atoms with E-state index in [9.17, 15) is 4.79 Å². The Morgan fingerprint density at radius 1 is 1.25 bits per heavy atom. The quantitative estimate of drug-likeness (QED) is 0.785. The van der Waals surface area contributed by atoms with Crippen molar-refractivity contribution < 1.29 is 14.3 Å². The molecule has 0 aliphatic carbocycles. The van der Waals surface area contributed by atoms with E-state index < -0.39 is 5.79 Å². The molecule has 8 heteroatoms. The van der Waals surface area contributed by atoms with Gasteiger partial charge < -0.3 is 24.3 Å². The number of hydrogen-bond donors (Lipinski definition) is 1. The van der Waals surface area contributed by atoms with E-state index in [0.717, 1.165) is 52.7 Å². The van der Waals surface area contributed by atoms with Crippen LogP contribution >= 0.6 is 15.9 Å². The molecule has 0 saturated carbocycles. The first-order valence-electron chi connectivity index (χ1n) is 9.76. The molecule has 1 aromatic heterocycles. The predicted octanol–water partition coefficient (Wildman–Crippen LogP) is 2.38. The van der Waals surface area contributed by atoms with Crippen molar-refractivity contribution in [3.63, 3.8) is 0 Å². The third-order valence-corrected chi connectivity index (χ3v) is 6.26. The van der Waals surface area contributed by atoms with Crippen molar-refractivity contribution in [2.24, 2.45) is 4.99 Å². The maximum absolute atomic E-state index is 13.3. The summed E-state index contributed by atoms with van der Waals surface area (Å²) in [5, 5.41) is 4.28. The number of rotatable bonds is 3. The minimum atomic E-state index is -0.470. The molecule has 3 aliphatic heterocycles. The van der Waals surface area contributed by atoms with E-state index in [4.69, 9.17) is 9.47 Å². The van der Waals surface area contributed by atoms with Crippen LogP contribution in [0.15, 0.2) is 33.9 Å². The molecule has 3 aliphatic rings. The summed E-state index contributed by atoms with van der Waals surface area (Å²) in [5.41, 5.74) is 1.77. The van der Waals surface area contributed by atoms with E-state index in [1.165, 1.54) is 0 Å². The van der Waals surface area contributed by atoms with Gasteiger partial charge in [-0.1, -0.05) is 22.0 Å². The zero-order chi connectivity index (χ0) is 19.1. The summed E-state index contributed by atoms with van der Waals surface area (Å²) in [7, 11) is 0. The Morgan fingerprint density at radius 3 is 2.75 bits per heavy atom. The second kappa shape index (κ2) is 7.17. The number of carbonyl (C=O) groups excluding carboxylic acids is 1. The molecule has 1 spiro atoms. The normalized spacial score (nSPS) is 21.3. The van der Waals surface area contributed by atoms with Crippen molar-refractivity contribution in [2.45, 2.75) is 25.2 Å². The molecular formula is C20H23BrN4O3. The predicted molar refractivity (Wildman–Crippen MR) is 110 cm³/mol. The van der Waals surface area contributed by atoms with E-state index in [2.05, 4.69) is 36.9 Å². The molecule has 1 aromatic carbocycles. The Hall–Kier alpha value is -1.90. The number of amides is 1. The molecule has 2 fully saturated rings. The van der Waals surface area contributed by atoms with E-state index in [1.807, 2.05) is 23.2 Å². The zero-order valence-electron chi connectivity index (χ0n) is 15.6. The van der Waals surface area contributed by atoms with Gasteiger partial charge in [0.25, 0.3) is 5.91 Å². The maximum Gasteiger partial charge on any atom is 0.256 e. The van der Waals surface area contributed by atoms with Crippen molar-refractivity contribution >= 4 is 38.6 Å². The van der Waals surface area contributed by atoms with Crippen LogP contribution in [0.1, 0.15) is 23.2 Å². The summed E-state index contributed by atoms with van der Waals surface area (Å²) >= 11 is 3.55. The topological polar surface area (TPSA) is 68.1 Å². The lowest BCUT2D eigenvalue weighted by Gasteiger charge is -2.37. The molecule has 2 aromatic rings. The first kappa shape index (κ1) is 18.1. The molecule has 4 heterocycles. The fourth-order valence-corrected chi connectivity index (χ4v) is 4.64. The largest absolute Gasteiger partial charge is 0.370 e. The number of halogens is 1. The highest BCUT2D eigenvalue weighted by molar-refractivity contribution is 9.10. The fraction of sp³-hybridized carbons (Fsp3) is 0.500. The van der Waals surface area contributed by atoms with Gasteiger partial charge >= 0.3 is 0 Å². The highest BCUT2D eigenvalue weighted by Gasteiger charge is 2.41. The van der Waals surface area contributed by atoms with Crippen LogP contribution in [0.2, 0.25) is 0 Å². The Balaban J connectivity index is 1.42. The number of ether oxygens (including phenoxy) is 2. The number of hydrogen-bond acceptors (Lipinski definition) is 5. The molecule has 1 N–H and O–H groups in total. The number of aliphatic imine (C=N–C) groups is 1. The Labute approximate surface area is 171 Å². The van der Waals surface area contributed by atoms with Crippen LogP contribution in [0.3, 0.4) is 0 Å². The molecule has 0 atom stereocenters. The standard InChI is InChI=1S/C20H23BrN4O3/c21-14-1-2-15-16(12-25(17(15)11-14)13-18-22-5-6-23-18)19(26)24-7-3-20(4-8-24)27-9-10-28-20/h1-2,11-12H,3-10,13H2,(H,22,23). The molecule has 28 heavy (non-hydrogen) atoms. The van der Waals surface area contributed by atoms with Crippen molar-refractivity contribution in [2.75, 3.05) is 39.4 Å². The number of benzene rings is 1. The van der Waals surface area contributed by atoms with Gasteiger partial charge in [-0.3, -0.25) is 9.79 Å². The molecule has 5 rings (SSSR count). The van der Waals surface area contributed by atoms with Gasteiger partial charge in [0.2, 0.25) is 0 Å². The summed E-state index contributed by atoms with van der Waals surface area (Å²) in [6.07, 6.45) is 3.42. The number of nitrogens with zero attached hydrogens (tertiary/aromatic N) is 3. The van der Waals surface area contributed by atoms with Crippen LogP contribution in [-0.4, -0.2) is 66.4 Å². The third-order valence-electron chi connectivity index (χ3n) is 5.76. The molecule has 7 nitrogen and oxygen atoms in total. The van der Waals surface area contributed by atoms with Gasteiger partial charge in [0.05, 0.1) is 37.4 Å². The SMILES string of the molecule is O=C(c1cn(CC2=NCCN2)c2cc(Br)ccc12)N1CCC2(CC1)OCCO2. The maximum atomic E-state index is 13.3. The number of amidine groups is 1. The van der Waals surface area contributed by atoms with E-state index >= 15 is 0 Å². The lowest BCUT2D eigenvalue weighted by Crippen LogP contribution is -2.47. The van der Waals surface area contributed by atoms with Crippen LogP contribution in [0.4, 0.5) is 0 Å². The summed E-state index contributed by atoms with van der Waals surface area (Å²) < 4.78 is 14.7. The molecule has 0 unspecified atom stereocenters. The molecule has 0 radical (unpaired) electrons. The van der Waals surface area contributed by atoms with Crippen molar-refractivity contribution in [1.82, 2.24) is 14.8 Å². The Kier molecular flexibility index (Phi) is 4.65. The van der Waals surface area contributed by atoms with Crippen LogP contribution in [0.25, 0.3) is 10.9 Å². The van der Waals surface area contributed by atoms with Gasteiger partial charge in [0.1, 0.15) is 5.84 Å². The van der Waals surface area contributed by atoms with Gasteiger partial charge in [-0.15, -0.1) is 0 Å². The molecule has 148 valence electrons. The second-order valence-electron chi connectivity index (χ2n) is 7.49. The lowest BCUT2D eigenvalue weighted by atomic mass is 10.0. The highest BCUT2D eigenvalue weighted by atomic mass is 79.9. The number of aromatic nitrogens is 1. The highest BCUT2D eigenvalue weighted by Crippen LogP contribution is 2.33. The monoisotopic (exact) mass is 446 g/mol. The van der Waals surface area contributed by atoms with E-state index in [1.54, 1.807) is 0 Å². The van der Waals surface area contributed by atoms with Gasteiger partial charge in [0, 0.05) is 48.5 Å². The summed E-state index contributed by atoms with van der Waals surface area (Å²) in [5.74, 6) is 0.564. The second-order valence-corrected chi connectivity index (χ2v) is 8.40. The Bertz CT molecular complexity index is 938. The zero-order valence-corrected chi connectivity index (χ0v) is 17.2. The first-order chi connectivity index (χ1) is 13.6. The molecule has 0 bridgehead atoms. The van der Waals surface area contributed by atoms with Gasteiger partial charge in [-0.05, 0) is 12.1 Å². The van der Waals surface area contributed by atoms with Crippen molar-refractivity contribution in [3.05, 3.63) is 34.4 Å². The van der Waals surface area contributed by atoms with Crippen LogP contribution in [0, 0.1) is 0 Å². The van der Waals surface area contributed by atoms with Gasteiger partial charge in [-0.25, -0.2) is 0 Å². The van der Waals surface area contributed by atoms with Gasteiger partial charge in [-0.2, -0.15) is 0 Å². The number of nitrogens with one attached hydrogen (secondary N) is 1. The van der Waals surface area contributed by atoms with Gasteiger partial charge in [0.15, 0.2) is 5.79 Å². The van der Waals surface area contributed by atoms with E-state index in [0.29, 0.717) is 32.8 Å². The molecule has 2 saturated heterocycles. The van der Waals surface area contributed by atoms with Crippen LogP contribution < -0.4 is 5.32 Å².